The summed E-state index contributed by atoms with van der Waals surface area (Å²) in [5, 5.41) is 4.62. The van der Waals surface area contributed by atoms with Gasteiger partial charge in [-0.1, -0.05) is 29.8 Å². The van der Waals surface area contributed by atoms with Gasteiger partial charge in [0.25, 0.3) is 0 Å². The molecule has 1 aliphatic heterocycles. The Bertz CT molecular complexity index is 730. The van der Waals surface area contributed by atoms with Crippen molar-refractivity contribution < 1.29 is 4.79 Å². The highest BCUT2D eigenvalue weighted by atomic mass is 16.2. The highest BCUT2D eigenvalue weighted by Gasteiger charge is 2.34. The first-order chi connectivity index (χ1) is 11.1. The van der Waals surface area contributed by atoms with Crippen molar-refractivity contribution in [3.05, 3.63) is 47.0 Å². The van der Waals surface area contributed by atoms with Gasteiger partial charge in [-0.15, -0.1) is 0 Å². The van der Waals surface area contributed by atoms with Crippen molar-refractivity contribution in [2.75, 3.05) is 6.54 Å². The van der Waals surface area contributed by atoms with E-state index >= 15 is 0 Å². The quantitative estimate of drug-likeness (QED) is 0.875. The second-order valence-corrected chi connectivity index (χ2v) is 6.75. The minimum absolute atomic E-state index is 0.00157. The topological polar surface area (TPSA) is 51.0 Å². The van der Waals surface area contributed by atoms with Crippen LogP contribution in [0, 0.1) is 6.92 Å². The van der Waals surface area contributed by atoms with Crippen molar-refractivity contribution in [1.29, 1.82) is 0 Å². The van der Waals surface area contributed by atoms with E-state index in [1.807, 2.05) is 21.7 Å². The van der Waals surface area contributed by atoms with Crippen molar-refractivity contribution in [2.24, 2.45) is 0 Å². The van der Waals surface area contributed by atoms with Crippen molar-refractivity contribution in [3.8, 4) is 0 Å². The molecule has 2 heterocycles. The first-order valence-corrected chi connectivity index (χ1v) is 8.41. The van der Waals surface area contributed by atoms with E-state index in [0.717, 1.165) is 23.8 Å². The molecule has 1 saturated carbocycles. The Labute approximate surface area is 136 Å². The van der Waals surface area contributed by atoms with Crippen molar-refractivity contribution in [1.82, 2.24) is 19.7 Å². The zero-order valence-electron chi connectivity index (χ0n) is 13.7. The maximum atomic E-state index is 12.7. The fourth-order valence-electron chi connectivity index (χ4n) is 3.22. The minimum atomic E-state index is 0.00157. The van der Waals surface area contributed by atoms with Gasteiger partial charge in [-0.25, -0.2) is 9.67 Å². The lowest BCUT2D eigenvalue weighted by molar-refractivity contribution is -0.133. The third-order valence-electron chi connectivity index (χ3n) is 4.85. The lowest BCUT2D eigenvalue weighted by atomic mass is 10.1. The normalized spacial score (nSPS) is 20.4. The third kappa shape index (κ3) is 2.76. The molecule has 120 valence electrons. The number of benzene rings is 1. The molecule has 0 N–H and O–H groups in total. The van der Waals surface area contributed by atoms with Gasteiger partial charge in [0.1, 0.15) is 5.82 Å². The van der Waals surface area contributed by atoms with Gasteiger partial charge in [-0.3, -0.25) is 4.79 Å². The number of hydrogen-bond acceptors (Lipinski definition) is 3. The Morgan fingerprint density at radius 3 is 2.65 bits per heavy atom. The number of carbonyl (C=O) groups is 1. The van der Waals surface area contributed by atoms with Crippen LogP contribution < -0.4 is 0 Å². The number of hydrogen-bond donors (Lipinski definition) is 0. The highest BCUT2D eigenvalue weighted by Crippen LogP contribution is 2.39. The van der Waals surface area contributed by atoms with E-state index in [0.29, 0.717) is 18.9 Å². The van der Waals surface area contributed by atoms with E-state index in [1.165, 1.54) is 18.4 Å². The van der Waals surface area contributed by atoms with Crippen LogP contribution >= 0.6 is 0 Å². The van der Waals surface area contributed by atoms with Crippen LogP contribution in [0.1, 0.15) is 54.5 Å². The van der Waals surface area contributed by atoms with Crippen LogP contribution in [0.2, 0.25) is 0 Å². The predicted molar refractivity (Wildman–Crippen MR) is 87.0 cm³/mol. The molecule has 1 aromatic carbocycles. The number of aryl methyl sites for hydroxylation is 1. The summed E-state index contributed by atoms with van der Waals surface area (Å²) in [6.07, 6.45) is 2.86. The molecule has 4 rings (SSSR count). The lowest BCUT2D eigenvalue weighted by Gasteiger charge is -2.33. The summed E-state index contributed by atoms with van der Waals surface area (Å²) in [6.45, 7) is 5.58. The zero-order chi connectivity index (χ0) is 16.0. The molecular weight excluding hydrogens is 288 g/mol. The van der Waals surface area contributed by atoms with E-state index < -0.39 is 0 Å². The van der Waals surface area contributed by atoms with Crippen LogP contribution in [0.15, 0.2) is 24.3 Å². The van der Waals surface area contributed by atoms with Crippen molar-refractivity contribution in [2.45, 2.75) is 51.6 Å². The molecule has 1 fully saturated rings. The van der Waals surface area contributed by atoms with Gasteiger partial charge in [0.2, 0.25) is 5.91 Å². The first kappa shape index (κ1) is 14.4. The largest absolute Gasteiger partial charge is 0.331 e. The second kappa shape index (κ2) is 5.48. The van der Waals surface area contributed by atoms with Gasteiger partial charge in [0, 0.05) is 12.5 Å². The van der Waals surface area contributed by atoms with Gasteiger partial charge in [-0.05, 0) is 32.3 Å². The van der Waals surface area contributed by atoms with Crippen LogP contribution in [0.25, 0.3) is 0 Å². The number of nitrogens with zero attached hydrogens (tertiary/aromatic N) is 4. The van der Waals surface area contributed by atoms with E-state index in [9.17, 15) is 4.79 Å². The average Bonchev–Trinajstić information content (AvgIpc) is 3.29. The first-order valence-electron chi connectivity index (χ1n) is 8.41. The molecule has 2 aromatic rings. The maximum absolute atomic E-state index is 12.7. The number of amides is 1. The van der Waals surface area contributed by atoms with Crippen LogP contribution in [0.3, 0.4) is 0 Å². The summed E-state index contributed by atoms with van der Waals surface area (Å²) < 4.78 is 1.99. The summed E-state index contributed by atoms with van der Waals surface area (Å²) in [4.78, 5) is 19.3. The Morgan fingerprint density at radius 1 is 1.22 bits per heavy atom. The summed E-state index contributed by atoms with van der Waals surface area (Å²) in [5.74, 6) is 2.63. The predicted octanol–water partition coefficient (Wildman–Crippen LogP) is 2.61. The van der Waals surface area contributed by atoms with E-state index in [4.69, 9.17) is 4.98 Å². The molecule has 5 heteroatoms. The SMILES string of the molecule is Cc1ccc(CC(=O)N2CCn3nc(C4CC4)nc3[C@H]2C)cc1. The van der Waals surface area contributed by atoms with Crippen LogP contribution in [-0.4, -0.2) is 32.1 Å². The molecule has 1 aromatic heterocycles. The van der Waals surface area contributed by atoms with Crippen molar-refractivity contribution >= 4 is 5.91 Å². The minimum Gasteiger partial charge on any atom is -0.331 e. The lowest BCUT2D eigenvalue weighted by Crippen LogP contribution is -2.42. The Balaban J connectivity index is 1.50. The molecule has 0 unspecified atom stereocenters. The molecule has 0 bridgehead atoms. The molecule has 0 spiro atoms. The molecule has 0 saturated heterocycles. The average molecular weight is 310 g/mol. The van der Waals surface area contributed by atoms with E-state index in [-0.39, 0.29) is 11.9 Å². The summed E-state index contributed by atoms with van der Waals surface area (Å²) in [5.41, 5.74) is 2.28. The highest BCUT2D eigenvalue weighted by molar-refractivity contribution is 5.79. The molecule has 1 aliphatic carbocycles. The Morgan fingerprint density at radius 2 is 1.96 bits per heavy atom. The van der Waals surface area contributed by atoms with Gasteiger partial charge < -0.3 is 4.90 Å². The van der Waals surface area contributed by atoms with Crippen LogP contribution in [-0.2, 0) is 17.8 Å². The van der Waals surface area contributed by atoms with Crippen molar-refractivity contribution in [3.63, 3.8) is 0 Å². The molecule has 2 aliphatic rings. The van der Waals surface area contributed by atoms with Gasteiger partial charge >= 0.3 is 0 Å². The fourth-order valence-corrected chi connectivity index (χ4v) is 3.22. The molecule has 23 heavy (non-hydrogen) atoms. The smallest absolute Gasteiger partial charge is 0.227 e. The van der Waals surface area contributed by atoms with Gasteiger partial charge in [-0.2, -0.15) is 5.10 Å². The Kier molecular flexibility index (Phi) is 3.43. The number of carbonyl (C=O) groups excluding carboxylic acids is 1. The van der Waals surface area contributed by atoms with Crippen LogP contribution in [0.4, 0.5) is 0 Å². The maximum Gasteiger partial charge on any atom is 0.227 e. The summed E-state index contributed by atoms with van der Waals surface area (Å²) in [7, 11) is 0. The summed E-state index contributed by atoms with van der Waals surface area (Å²) in [6, 6.07) is 8.19. The monoisotopic (exact) mass is 310 g/mol. The number of fused-ring (bicyclic) bond motifs is 1. The van der Waals surface area contributed by atoms with E-state index in [1.54, 1.807) is 0 Å². The third-order valence-corrected chi connectivity index (χ3v) is 4.85. The molecular formula is C18H22N4O. The van der Waals surface area contributed by atoms with E-state index in [2.05, 4.69) is 31.1 Å². The van der Waals surface area contributed by atoms with Crippen LogP contribution in [0.5, 0.6) is 0 Å². The summed E-state index contributed by atoms with van der Waals surface area (Å²) >= 11 is 0. The standard InChI is InChI=1S/C18H22N4O/c1-12-3-5-14(6-4-12)11-16(23)21-9-10-22-18(13(21)2)19-17(20-22)15-7-8-15/h3-6,13,15H,7-11H2,1-2H3/t13-/m1/s1. The van der Waals surface area contributed by atoms with Gasteiger partial charge in [0.15, 0.2) is 5.82 Å². The van der Waals surface area contributed by atoms with Gasteiger partial charge in [0.05, 0.1) is 19.0 Å². The molecule has 0 radical (unpaired) electrons. The number of rotatable bonds is 3. The molecule has 5 nitrogen and oxygen atoms in total. The fraction of sp³-hybridized carbons (Fsp3) is 0.500. The second-order valence-electron chi connectivity index (χ2n) is 6.75. The number of aromatic nitrogens is 3. The Hall–Kier alpha value is -2.17. The molecule has 1 atom stereocenters. The zero-order valence-corrected chi connectivity index (χ0v) is 13.7. The molecule has 1 amide bonds.